The van der Waals surface area contributed by atoms with Gasteiger partial charge in [-0.15, -0.1) is 0 Å². The first-order chi connectivity index (χ1) is 9.65. The van der Waals surface area contributed by atoms with Crippen molar-refractivity contribution in [2.45, 2.75) is 6.54 Å². The largest absolute Gasteiger partial charge is 0.478 e. The summed E-state index contributed by atoms with van der Waals surface area (Å²) >= 11 is 0. The van der Waals surface area contributed by atoms with Gasteiger partial charge in [0.1, 0.15) is 11.5 Å². The first-order valence-corrected chi connectivity index (χ1v) is 6.07. The molecule has 5 heteroatoms. The number of carboxylic acid groups (broad SMARTS) is 1. The van der Waals surface area contributed by atoms with Gasteiger partial charge >= 0.3 is 5.97 Å². The van der Waals surface area contributed by atoms with E-state index >= 15 is 0 Å². The molecule has 2 heterocycles. The molecule has 2 aromatic heterocycles. The van der Waals surface area contributed by atoms with E-state index in [0.29, 0.717) is 17.6 Å². The summed E-state index contributed by atoms with van der Waals surface area (Å²) in [6, 6.07) is 9.54. The number of carbonyl (C=O) groups is 1. The van der Waals surface area contributed by atoms with Crippen LogP contribution in [0.15, 0.2) is 48.8 Å². The number of carboxylic acids is 1. The summed E-state index contributed by atoms with van der Waals surface area (Å²) in [5.41, 5.74) is 1.70. The lowest BCUT2D eigenvalue weighted by Crippen LogP contribution is -1.99. The van der Waals surface area contributed by atoms with Crippen LogP contribution in [-0.4, -0.2) is 20.6 Å². The zero-order valence-corrected chi connectivity index (χ0v) is 10.5. The summed E-state index contributed by atoms with van der Waals surface area (Å²) in [5, 5.41) is 9.81. The Labute approximate surface area is 114 Å². The number of benzene rings is 1. The average Bonchev–Trinajstić information content (AvgIpc) is 2.81. The highest BCUT2D eigenvalue weighted by atomic mass is 19.1. The number of aromatic carboxylic acids is 1. The minimum atomic E-state index is -0.985. The van der Waals surface area contributed by atoms with E-state index in [9.17, 15) is 14.3 Å². The normalized spacial score (nSPS) is 10.8. The molecule has 1 N–H and O–H groups in total. The molecule has 0 fully saturated rings. The van der Waals surface area contributed by atoms with Crippen molar-refractivity contribution >= 4 is 17.0 Å². The Bertz CT molecular complexity index is 778. The van der Waals surface area contributed by atoms with Gasteiger partial charge in [-0.2, -0.15) is 0 Å². The number of aromatic nitrogens is 2. The van der Waals surface area contributed by atoms with Gasteiger partial charge in [-0.3, -0.25) is 0 Å². The zero-order chi connectivity index (χ0) is 14.1. The quantitative estimate of drug-likeness (QED) is 0.796. The van der Waals surface area contributed by atoms with Crippen LogP contribution in [0, 0.1) is 5.82 Å². The molecule has 0 radical (unpaired) electrons. The third kappa shape index (κ3) is 2.14. The molecule has 3 rings (SSSR count). The van der Waals surface area contributed by atoms with Crippen LogP contribution < -0.4 is 0 Å². The van der Waals surface area contributed by atoms with Gasteiger partial charge < -0.3 is 9.67 Å². The first-order valence-electron chi connectivity index (χ1n) is 6.07. The molecule has 3 aromatic rings. The van der Waals surface area contributed by atoms with Gasteiger partial charge in [0.05, 0.1) is 5.56 Å². The summed E-state index contributed by atoms with van der Waals surface area (Å²) in [5.74, 6) is -1.28. The first kappa shape index (κ1) is 12.3. The van der Waals surface area contributed by atoms with Gasteiger partial charge in [0, 0.05) is 24.3 Å². The third-order valence-electron chi connectivity index (χ3n) is 3.13. The number of nitrogens with zero attached hydrogens (tertiary/aromatic N) is 2. The highest BCUT2D eigenvalue weighted by Crippen LogP contribution is 2.20. The number of fused-ring (bicyclic) bond motifs is 1. The Morgan fingerprint density at radius 3 is 2.70 bits per heavy atom. The van der Waals surface area contributed by atoms with Crippen LogP contribution >= 0.6 is 0 Å². The van der Waals surface area contributed by atoms with Gasteiger partial charge in [0.25, 0.3) is 0 Å². The summed E-state index contributed by atoms with van der Waals surface area (Å²) < 4.78 is 14.6. The van der Waals surface area contributed by atoms with Crippen LogP contribution in [0.25, 0.3) is 11.0 Å². The second-order valence-electron chi connectivity index (χ2n) is 4.48. The summed E-state index contributed by atoms with van der Waals surface area (Å²) in [7, 11) is 0. The molecule has 0 bridgehead atoms. The Balaban J connectivity index is 2.07. The van der Waals surface area contributed by atoms with Crippen molar-refractivity contribution in [3.63, 3.8) is 0 Å². The second kappa shape index (κ2) is 4.77. The van der Waals surface area contributed by atoms with E-state index in [0.717, 1.165) is 5.56 Å². The predicted octanol–water partition coefficient (Wildman–Crippen LogP) is 2.92. The average molecular weight is 270 g/mol. The van der Waals surface area contributed by atoms with Crippen molar-refractivity contribution in [3.05, 3.63) is 65.7 Å². The van der Waals surface area contributed by atoms with Crippen molar-refractivity contribution in [1.82, 2.24) is 9.55 Å². The molecule has 4 nitrogen and oxygen atoms in total. The number of hydrogen-bond acceptors (Lipinski definition) is 2. The van der Waals surface area contributed by atoms with E-state index in [1.54, 1.807) is 41.2 Å². The smallest absolute Gasteiger partial charge is 0.337 e. The summed E-state index contributed by atoms with van der Waals surface area (Å²) in [6.45, 7) is 0.446. The Hall–Kier alpha value is -2.69. The van der Waals surface area contributed by atoms with Crippen LogP contribution in [0.3, 0.4) is 0 Å². The van der Waals surface area contributed by atoms with Gasteiger partial charge in [-0.25, -0.2) is 14.2 Å². The van der Waals surface area contributed by atoms with Crippen molar-refractivity contribution in [2.75, 3.05) is 0 Å². The second-order valence-corrected chi connectivity index (χ2v) is 4.48. The standard InChI is InChI=1S/C15H11FN2O2/c16-11-5-3-10(4-6-11)8-18-9-13(15(19)20)12-2-1-7-17-14(12)18/h1-7,9H,8H2,(H,19,20). The van der Waals surface area contributed by atoms with Gasteiger partial charge in [0.2, 0.25) is 0 Å². The molecule has 20 heavy (non-hydrogen) atoms. The monoisotopic (exact) mass is 270 g/mol. The minimum absolute atomic E-state index is 0.218. The zero-order valence-electron chi connectivity index (χ0n) is 10.5. The molecule has 0 atom stereocenters. The molecule has 0 aliphatic carbocycles. The number of pyridine rings is 1. The fourth-order valence-electron chi connectivity index (χ4n) is 2.20. The number of halogens is 1. The molecule has 0 saturated heterocycles. The van der Waals surface area contributed by atoms with E-state index in [2.05, 4.69) is 4.98 Å². The summed E-state index contributed by atoms with van der Waals surface area (Å²) in [4.78, 5) is 15.5. The van der Waals surface area contributed by atoms with Crippen molar-refractivity contribution in [2.24, 2.45) is 0 Å². The Morgan fingerprint density at radius 1 is 1.25 bits per heavy atom. The molecular weight excluding hydrogens is 259 g/mol. The van der Waals surface area contributed by atoms with Crippen LogP contribution in [0.2, 0.25) is 0 Å². The maximum Gasteiger partial charge on any atom is 0.337 e. The lowest BCUT2D eigenvalue weighted by Gasteiger charge is -2.04. The third-order valence-corrected chi connectivity index (χ3v) is 3.13. The molecular formula is C15H11FN2O2. The van der Waals surface area contributed by atoms with Gasteiger partial charge in [0.15, 0.2) is 0 Å². The molecule has 0 amide bonds. The van der Waals surface area contributed by atoms with E-state index in [4.69, 9.17) is 0 Å². The molecule has 0 unspecified atom stereocenters. The summed E-state index contributed by atoms with van der Waals surface area (Å²) in [6.07, 6.45) is 3.18. The highest BCUT2D eigenvalue weighted by molar-refractivity contribution is 6.02. The van der Waals surface area contributed by atoms with E-state index in [-0.39, 0.29) is 11.4 Å². The van der Waals surface area contributed by atoms with Crippen LogP contribution in [0.1, 0.15) is 15.9 Å². The molecule has 100 valence electrons. The maximum atomic E-state index is 12.9. The predicted molar refractivity (Wildman–Crippen MR) is 72.2 cm³/mol. The van der Waals surface area contributed by atoms with E-state index in [1.165, 1.54) is 12.1 Å². The maximum absolute atomic E-state index is 12.9. The highest BCUT2D eigenvalue weighted by Gasteiger charge is 2.14. The Kier molecular flexibility index (Phi) is 2.95. The minimum Gasteiger partial charge on any atom is -0.478 e. The molecule has 1 aromatic carbocycles. The van der Waals surface area contributed by atoms with Crippen LogP contribution in [-0.2, 0) is 6.54 Å². The Morgan fingerprint density at radius 2 is 2.00 bits per heavy atom. The van der Waals surface area contributed by atoms with E-state index in [1.807, 2.05) is 0 Å². The number of hydrogen-bond donors (Lipinski definition) is 1. The lowest BCUT2D eigenvalue weighted by atomic mass is 10.2. The van der Waals surface area contributed by atoms with Crippen molar-refractivity contribution < 1.29 is 14.3 Å². The lowest BCUT2D eigenvalue weighted by molar-refractivity contribution is 0.0699. The fraction of sp³-hybridized carbons (Fsp3) is 0.0667. The van der Waals surface area contributed by atoms with Crippen molar-refractivity contribution in [1.29, 1.82) is 0 Å². The van der Waals surface area contributed by atoms with Crippen LogP contribution in [0.5, 0.6) is 0 Å². The topological polar surface area (TPSA) is 55.1 Å². The number of rotatable bonds is 3. The molecule has 0 aliphatic rings. The van der Waals surface area contributed by atoms with E-state index < -0.39 is 5.97 Å². The molecule has 0 spiro atoms. The molecule has 0 saturated carbocycles. The van der Waals surface area contributed by atoms with Gasteiger partial charge in [-0.05, 0) is 29.8 Å². The fourth-order valence-corrected chi connectivity index (χ4v) is 2.20. The van der Waals surface area contributed by atoms with Crippen LogP contribution in [0.4, 0.5) is 4.39 Å². The SMILES string of the molecule is O=C(O)c1cn(Cc2ccc(F)cc2)c2ncccc12. The molecule has 0 aliphatic heterocycles. The van der Waals surface area contributed by atoms with Crippen molar-refractivity contribution in [3.8, 4) is 0 Å². The van der Waals surface area contributed by atoms with Gasteiger partial charge in [-0.1, -0.05) is 12.1 Å².